The van der Waals surface area contributed by atoms with Gasteiger partial charge in [0.25, 0.3) is 0 Å². The normalized spacial score (nSPS) is 16.0. The molecule has 0 saturated carbocycles. The molecule has 0 heterocycles. The molecule has 1 rings (SSSR count). The number of alkyl halides is 1. The van der Waals surface area contributed by atoms with E-state index in [1.165, 1.54) is 5.56 Å². The smallest absolute Gasteiger partial charge is 0.146 e. The molecular weight excluding hydrogens is 236 g/mol. The van der Waals surface area contributed by atoms with Gasteiger partial charge in [0.15, 0.2) is 0 Å². The van der Waals surface area contributed by atoms with Crippen LogP contribution in [0.15, 0.2) is 30.3 Å². The van der Waals surface area contributed by atoms with Gasteiger partial charge in [-0.05, 0) is 11.0 Å². The molecule has 0 spiro atoms. The van der Waals surface area contributed by atoms with Crippen LogP contribution in [0.5, 0.6) is 0 Å². The zero-order chi connectivity index (χ0) is 12.2. The Kier molecular flexibility index (Phi) is 5.03. The second kappa shape index (κ2) is 5.85. The van der Waals surface area contributed by atoms with Crippen LogP contribution in [0, 0.1) is 5.41 Å². The summed E-state index contributed by atoms with van der Waals surface area (Å²) < 4.78 is 5.31. The SMILES string of the molecule is CC(C)(C)C(c1ccccc1)C(Cl)CO[SiH3]. The summed E-state index contributed by atoms with van der Waals surface area (Å²) >= 11 is 6.46. The molecule has 90 valence electrons. The summed E-state index contributed by atoms with van der Waals surface area (Å²) in [4.78, 5) is 0. The van der Waals surface area contributed by atoms with Gasteiger partial charge in [0.05, 0.1) is 5.38 Å². The minimum absolute atomic E-state index is 0.0416. The maximum atomic E-state index is 6.46. The third-order valence-corrected chi connectivity index (χ3v) is 3.49. The van der Waals surface area contributed by atoms with Crippen molar-refractivity contribution in [3.63, 3.8) is 0 Å². The lowest BCUT2D eigenvalue weighted by molar-refractivity contribution is 0.253. The monoisotopic (exact) mass is 256 g/mol. The van der Waals surface area contributed by atoms with Crippen molar-refractivity contribution < 1.29 is 4.43 Å². The van der Waals surface area contributed by atoms with E-state index >= 15 is 0 Å². The first-order valence-corrected chi connectivity index (χ1v) is 6.90. The second-order valence-electron chi connectivity index (χ2n) is 5.23. The Morgan fingerprint density at radius 1 is 1.25 bits per heavy atom. The summed E-state index contributed by atoms with van der Waals surface area (Å²) in [6, 6.07) is 10.5. The van der Waals surface area contributed by atoms with Crippen LogP contribution >= 0.6 is 11.6 Å². The Bertz CT molecular complexity index is 307. The topological polar surface area (TPSA) is 9.23 Å². The molecule has 16 heavy (non-hydrogen) atoms. The fraction of sp³-hybridized carbons (Fsp3) is 0.538. The average molecular weight is 257 g/mol. The van der Waals surface area contributed by atoms with Crippen molar-refractivity contribution >= 4 is 22.1 Å². The minimum Gasteiger partial charge on any atom is -0.426 e. The van der Waals surface area contributed by atoms with Gasteiger partial charge < -0.3 is 4.43 Å². The van der Waals surface area contributed by atoms with Crippen LogP contribution in [-0.2, 0) is 4.43 Å². The Morgan fingerprint density at radius 3 is 2.25 bits per heavy atom. The van der Waals surface area contributed by atoms with E-state index in [2.05, 4.69) is 45.0 Å². The summed E-state index contributed by atoms with van der Waals surface area (Å²) in [6.07, 6.45) is 0. The van der Waals surface area contributed by atoms with Gasteiger partial charge in [0.1, 0.15) is 10.5 Å². The number of benzene rings is 1. The van der Waals surface area contributed by atoms with Gasteiger partial charge in [-0.3, -0.25) is 0 Å². The summed E-state index contributed by atoms with van der Waals surface area (Å²) in [5.41, 5.74) is 1.45. The van der Waals surface area contributed by atoms with Crippen molar-refractivity contribution in [1.82, 2.24) is 0 Å². The van der Waals surface area contributed by atoms with Gasteiger partial charge in [0.2, 0.25) is 0 Å². The fourth-order valence-corrected chi connectivity index (χ4v) is 3.39. The van der Waals surface area contributed by atoms with Gasteiger partial charge in [-0.15, -0.1) is 11.6 Å². The molecule has 1 nitrogen and oxygen atoms in total. The Balaban J connectivity index is 2.97. The van der Waals surface area contributed by atoms with Crippen molar-refractivity contribution in [2.75, 3.05) is 6.61 Å². The van der Waals surface area contributed by atoms with E-state index < -0.39 is 0 Å². The molecule has 0 aliphatic rings. The molecule has 0 aliphatic heterocycles. The maximum Gasteiger partial charge on any atom is 0.146 e. The molecular formula is C13H21ClOSi. The third kappa shape index (κ3) is 3.61. The molecule has 0 radical (unpaired) electrons. The van der Waals surface area contributed by atoms with Crippen LogP contribution < -0.4 is 0 Å². The van der Waals surface area contributed by atoms with E-state index in [-0.39, 0.29) is 10.8 Å². The predicted molar refractivity (Wildman–Crippen MR) is 74.2 cm³/mol. The number of hydrogen-bond donors (Lipinski definition) is 0. The van der Waals surface area contributed by atoms with Crippen LogP contribution in [0.1, 0.15) is 32.3 Å². The molecule has 0 fully saturated rings. The molecule has 1 aromatic rings. The fourth-order valence-electron chi connectivity index (χ4n) is 2.17. The second-order valence-corrected chi connectivity index (χ2v) is 6.36. The van der Waals surface area contributed by atoms with Crippen LogP contribution in [0.4, 0.5) is 0 Å². The molecule has 2 unspecified atom stereocenters. The molecule has 0 amide bonds. The van der Waals surface area contributed by atoms with Gasteiger partial charge in [0, 0.05) is 12.5 Å². The summed E-state index contributed by atoms with van der Waals surface area (Å²) in [7, 11) is 0.747. The van der Waals surface area contributed by atoms with Crippen LogP contribution in [-0.4, -0.2) is 22.5 Å². The van der Waals surface area contributed by atoms with E-state index in [0.717, 1.165) is 10.5 Å². The molecule has 0 aromatic heterocycles. The number of halogens is 1. The first-order chi connectivity index (χ1) is 7.46. The van der Waals surface area contributed by atoms with Gasteiger partial charge in [-0.25, -0.2) is 0 Å². The first-order valence-electron chi connectivity index (χ1n) is 5.64. The minimum atomic E-state index is 0.0416. The molecule has 0 N–H and O–H groups in total. The van der Waals surface area contributed by atoms with Crippen molar-refractivity contribution in [3.05, 3.63) is 35.9 Å². The Hall–Kier alpha value is -0.313. The largest absolute Gasteiger partial charge is 0.426 e. The predicted octanol–water partition coefficient (Wildman–Crippen LogP) is 2.72. The highest BCUT2D eigenvalue weighted by molar-refractivity contribution is 6.21. The lowest BCUT2D eigenvalue weighted by Crippen LogP contribution is -2.29. The van der Waals surface area contributed by atoms with Crippen molar-refractivity contribution in [1.29, 1.82) is 0 Å². The van der Waals surface area contributed by atoms with Crippen LogP contribution in [0.3, 0.4) is 0 Å². The quantitative estimate of drug-likeness (QED) is 0.595. The summed E-state index contributed by atoms with van der Waals surface area (Å²) in [5.74, 6) is 0.323. The first kappa shape index (κ1) is 13.8. The molecule has 1 aromatic carbocycles. The highest BCUT2D eigenvalue weighted by atomic mass is 35.5. The van der Waals surface area contributed by atoms with Crippen LogP contribution in [0.2, 0.25) is 0 Å². The molecule has 2 atom stereocenters. The Labute approximate surface area is 107 Å². The zero-order valence-corrected chi connectivity index (χ0v) is 13.3. The van der Waals surface area contributed by atoms with Crippen molar-refractivity contribution in [2.24, 2.45) is 5.41 Å². The van der Waals surface area contributed by atoms with E-state index in [0.29, 0.717) is 12.5 Å². The molecule has 0 bridgehead atoms. The summed E-state index contributed by atoms with van der Waals surface area (Å²) in [6.45, 7) is 7.33. The van der Waals surface area contributed by atoms with E-state index in [4.69, 9.17) is 16.0 Å². The Morgan fingerprint density at radius 2 is 1.81 bits per heavy atom. The summed E-state index contributed by atoms with van der Waals surface area (Å²) in [5, 5.41) is 0.0416. The highest BCUT2D eigenvalue weighted by Gasteiger charge is 2.32. The number of hydrogen-bond acceptors (Lipinski definition) is 1. The van der Waals surface area contributed by atoms with E-state index in [9.17, 15) is 0 Å². The van der Waals surface area contributed by atoms with Gasteiger partial charge in [-0.1, -0.05) is 51.1 Å². The lowest BCUT2D eigenvalue weighted by Gasteiger charge is -2.34. The highest BCUT2D eigenvalue weighted by Crippen LogP contribution is 2.39. The third-order valence-electron chi connectivity index (χ3n) is 2.78. The van der Waals surface area contributed by atoms with Gasteiger partial charge >= 0.3 is 0 Å². The van der Waals surface area contributed by atoms with E-state index in [1.54, 1.807) is 0 Å². The maximum absolute atomic E-state index is 6.46. The van der Waals surface area contributed by atoms with Gasteiger partial charge in [-0.2, -0.15) is 0 Å². The zero-order valence-electron chi connectivity index (χ0n) is 10.5. The van der Waals surface area contributed by atoms with E-state index in [1.807, 2.05) is 6.07 Å². The lowest BCUT2D eigenvalue weighted by atomic mass is 9.74. The number of rotatable bonds is 4. The average Bonchev–Trinajstić information content (AvgIpc) is 2.17. The standard InChI is InChI=1S/C13H21ClOSi/c1-13(2,3)12(11(14)9-15-16)10-7-5-4-6-8-10/h4-8,11-12H,9H2,1-3,16H3. The van der Waals surface area contributed by atoms with Crippen molar-refractivity contribution in [2.45, 2.75) is 32.1 Å². The molecule has 0 saturated heterocycles. The van der Waals surface area contributed by atoms with Crippen molar-refractivity contribution in [3.8, 4) is 0 Å². The molecule has 3 heteroatoms. The van der Waals surface area contributed by atoms with Crippen LogP contribution in [0.25, 0.3) is 0 Å². The molecule has 0 aliphatic carbocycles.